The number of ether oxygens (including phenoxy) is 2. The fraction of sp³-hybridized carbons (Fsp3) is 0.222. The Morgan fingerprint density at radius 1 is 0.846 bits per heavy atom. The standard InChI is InChI=1S/C18H20N2O6/c19-9-10-20(11-17(23)25-15-7-3-1-5-13(15)21)12-18(24)26-16-8-4-2-6-14(16)22/h1-8,21-22H,9-12,19H2. The molecule has 0 saturated carbocycles. The quantitative estimate of drug-likeness (QED) is 0.468. The van der Waals surface area contributed by atoms with E-state index >= 15 is 0 Å². The van der Waals surface area contributed by atoms with E-state index in [2.05, 4.69) is 0 Å². The van der Waals surface area contributed by atoms with Crippen LogP contribution in [-0.4, -0.2) is 53.2 Å². The van der Waals surface area contributed by atoms with Crippen LogP contribution < -0.4 is 15.2 Å². The smallest absolute Gasteiger partial charge is 0.325 e. The highest BCUT2D eigenvalue weighted by Crippen LogP contribution is 2.25. The molecule has 2 rings (SSSR count). The second-order valence-electron chi connectivity index (χ2n) is 5.38. The van der Waals surface area contributed by atoms with E-state index in [1.165, 1.54) is 29.2 Å². The fourth-order valence-electron chi connectivity index (χ4n) is 2.16. The number of phenolic OH excluding ortho intramolecular Hbond substituents is 2. The Labute approximate surface area is 150 Å². The van der Waals surface area contributed by atoms with Gasteiger partial charge in [0.15, 0.2) is 23.0 Å². The second-order valence-corrected chi connectivity index (χ2v) is 5.38. The van der Waals surface area contributed by atoms with Gasteiger partial charge in [0.1, 0.15) is 0 Å². The molecule has 0 radical (unpaired) electrons. The lowest BCUT2D eigenvalue weighted by atomic mass is 10.3. The van der Waals surface area contributed by atoms with Gasteiger partial charge in [0.25, 0.3) is 0 Å². The molecule has 0 unspecified atom stereocenters. The molecule has 0 heterocycles. The lowest BCUT2D eigenvalue weighted by molar-refractivity contribution is -0.139. The number of rotatable bonds is 8. The van der Waals surface area contributed by atoms with Crippen molar-refractivity contribution in [3.05, 3.63) is 48.5 Å². The number of nitrogens with two attached hydrogens (primary N) is 1. The van der Waals surface area contributed by atoms with Crippen molar-refractivity contribution in [1.29, 1.82) is 0 Å². The maximum atomic E-state index is 12.0. The molecule has 0 bridgehead atoms. The van der Waals surface area contributed by atoms with E-state index in [-0.39, 0.29) is 49.2 Å². The van der Waals surface area contributed by atoms with Crippen molar-refractivity contribution < 1.29 is 29.3 Å². The van der Waals surface area contributed by atoms with Gasteiger partial charge in [-0.25, -0.2) is 0 Å². The van der Waals surface area contributed by atoms with Crippen molar-refractivity contribution in [2.45, 2.75) is 0 Å². The molecule has 138 valence electrons. The summed E-state index contributed by atoms with van der Waals surface area (Å²) in [5.41, 5.74) is 5.51. The third-order valence-electron chi connectivity index (χ3n) is 3.33. The number of carbonyl (C=O) groups excluding carboxylic acids is 2. The highest BCUT2D eigenvalue weighted by molar-refractivity contribution is 5.78. The number of esters is 2. The first kappa shape index (κ1) is 19.2. The molecule has 0 aliphatic heterocycles. The summed E-state index contributed by atoms with van der Waals surface area (Å²) in [7, 11) is 0. The number of carbonyl (C=O) groups is 2. The van der Waals surface area contributed by atoms with Crippen LogP contribution in [0, 0.1) is 0 Å². The maximum absolute atomic E-state index is 12.0. The molecule has 2 aromatic carbocycles. The number of phenols is 2. The van der Waals surface area contributed by atoms with E-state index in [0.717, 1.165) is 0 Å². The van der Waals surface area contributed by atoms with Crippen LogP contribution in [0.2, 0.25) is 0 Å². The summed E-state index contributed by atoms with van der Waals surface area (Å²) < 4.78 is 10.2. The topological polar surface area (TPSA) is 122 Å². The van der Waals surface area contributed by atoms with E-state index in [4.69, 9.17) is 15.2 Å². The van der Waals surface area contributed by atoms with E-state index in [0.29, 0.717) is 0 Å². The molecular formula is C18H20N2O6. The molecule has 26 heavy (non-hydrogen) atoms. The number of para-hydroxylation sites is 4. The first-order valence-corrected chi connectivity index (χ1v) is 7.89. The summed E-state index contributed by atoms with van der Waals surface area (Å²) in [5.74, 6) is -1.58. The van der Waals surface area contributed by atoms with E-state index < -0.39 is 11.9 Å². The summed E-state index contributed by atoms with van der Waals surface area (Å²) in [6, 6.07) is 12.1. The molecule has 4 N–H and O–H groups in total. The Morgan fingerprint density at radius 3 is 1.65 bits per heavy atom. The number of aromatic hydroxyl groups is 2. The van der Waals surface area contributed by atoms with Gasteiger partial charge in [-0.2, -0.15) is 0 Å². The molecule has 0 amide bonds. The number of hydrogen-bond acceptors (Lipinski definition) is 8. The minimum absolute atomic E-state index is 0.0296. The molecule has 2 aromatic rings. The van der Waals surface area contributed by atoms with Crippen LogP contribution in [0.5, 0.6) is 23.0 Å². The van der Waals surface area contributed by atoms with Crippen molar-refractivity contribution in [2.24, 2.45) is 5.73 Å². The minimum atomic E-state index is -0.657. The van der Waals surface area contributed by atoms with Gasteiger partial charge in [0.05, 0.1) is 13.1 Å². The molecule has 0 aromatic heterocycles. The number of nitrogens with zero attached hydrogens (tertiary/aromatic N) is 1. The zero-order valence-corrected chi connectivity index (χ0v) is 14.0. The molecule has 0 aliphatic rings. The summed E-state index contributed by atoms with van der Waals surface area (Å²) in [4.78, 5) is 25.5. The Bertz CT molecular complexity index is 703. The van der Waals surface area contributed by atoms with Gasteiger partial charge in [0.2, 0.25) is 0 Å². The monoisotopic (exact) mass is 360 g/mol. The zero-order valence-electron chi connectivity index (χ0n) is 14.0. The predicted molar refractivity (Wildman–Crippen MR) is 93.0 cm³/mol. The summed E-state index contributed by atoms with van der Waals surface area (Å²) in [6.45, 7) is 0.0300. The van der Waals surface area contributed by atoms with Gasteiger partial charge in [0, 0.05) is 13.1 Å². The van der Waals surface area contributed by atoms with Gasteiger partial charge in [-0.1, -0.05) is 24.3 Å². The van der Waals surface area contributed by atoms with Crippen LogP contribution in [0.1, 0.15) is 0 Å². The third kappa shape index (κ3) is 5.76. The molecule has 0 atom stereocenters. The van der Waals surface area contributed by atoms with Gasteiger partial charge in [-0.05, 0) is 24.3 Å². The van der Waals surface area contributed by atoms with E-state index in [1.54, 1.807) is 24.3 Å². The van der Waals surface area contributed by atoms with Crippen LogP contribution in [0.25, 0.3) is 0 Å². The fourth-order valence-corrected chi connectivity index (χ4v) is 2.16. The molecule has 0 fully saturated rings. The van der Waals surface area contributed by atoms with Crippen molar-refractivity contribution in [2.75, 3.05) is 26.2 Å². The predicted octanol–water partition coefficient (Wildman–Crippen LogP) is 0.869. The largest absolute Gasteiger partial charge is 0.504 e. The van der Waals surface area contributed by atoms with Gasteiger partial charge in [-0.3, -0.25) is 14.5 Å². The van der Waals surface area contributed by atoms with Crippen molar-refractivity contribution >= 4 is 11.9 Å². The number of benzene rings is 2. The Balaban J connectivity index is 1.93. The van der Waals surface area contributed by atoms with Gasteiger partial charge < -0.3 is 25.4 Å². The Hall–Kier alpha value is -3.10. The van der Waals surface area contributed by atoms with E-state index in [1.807, 2.05) is 0 Å². The van der Waals surface area contributed by atoms with Gasteiger partial charge in [-0.15, -0.1) is 0 Å². The summed E-state index contributed by atoms with van der Waals surface area (Å²) in [6.07, 6.45) is 0. The second kappa shape index (κ2) is 9.40. The first-order valence-electron chi connectivity index (χ1n) is 7.89. The first-order chi connectivity index (χ1) is 12.5. The molecule has 0 aliphatic carbocycles. The molecule has 0 spiro atoms. The molecule has 8 heteroatoms. The van der Waals surface area contributed by atoms with Crippen molar-refractivity contribution in [3.8, 4) is 23.0 Å². The summed E-state index contributed by atoms with van der Waals surface area (Å²) >= 11 is 0. The Morgan fingerprint density at radius 2 is 1.27 bits per heavy atom. The van der Waals surface area contributed by atoms with Gasteiger partial charge >= 0.3 is 11.9 Å². The normalized spacial score (nSPS) is 10.5. The summed E-state index contributed by atoms with van der Waals surface area (Å²) in [5, 5.41) is 19.2. The Kier molecular flexibility index (Phi) is 6.95. The van der Waals surface area contributed by atoms with Crippen molar-refractivity contribution in [3.63, 3.8) is 0 Å². The molecule has 0 saturated heterocycles. The zero-order chi connectivity index (χ0) is 18.9. The van der Waals surface area contributed by atoms with Crippen LogP contribution in [0.3, 0.4) is 0 Å². The van der Waals surface area contributed by atoms with Crippen LogP contribution in [-0.2, 0) is 9.59 Å². The number of hydrogen-bond donors (Lipinski definition) is 3. The minimum Gasteiger partial charge on any atom is -0.504 e. The highest BCUT2D eigenvalue weighted by atomic mass is 16.5. The van der Waals surface area contributed by atoms with Crippen LogP contribution in [0.4, 0.5) is 0 Å². The highest BCUT2D eigenvalue weighted by Gasteiger charge is 2.18. The third-order valence-corrected chi connectivity index (χ3v) is 3.33. The average molecular weight is 360 g/mol. The lowest BCUT2D eigenvalue weighted by Gasteiger charge is -2.19. The van der Waals surface area contributed by atoms with E-state index in [9.17, 15) is 19.8 Å². The van der Waals surface area contributed by atoms with Crippen LogP contribution in [0.15, 0.2) is 48.5 Å². The molecular weight excluding hydrogens is 340 g/mol. The van der Waals surface area contributed by atoms with Crippen LogP contribution >= 0.6 is 0 Å². The molecule has 8 nitrogen and oxygen atoms in total. The average Bonchev–Trinajstić information content (AvgIpc) is 2.59. The SMILES string of the molecule is NCCN(CC(=O)Oc1ccccc1O)CC(=O)Oc1ccccc1O. The lowest BCUT2D eigenvalue weighted by Crippen LogP contribution is -2.40. The maximum Gasteiger partial charge on any atom is 0.325 e. The van der Waals surface area contributed by atoms with Crippen molar-refractivity contribution in [1.82, 2.24) is 4.90 Å².